The molecule has 0 radical (unpaired) electrons. The van der Waals surface area contributed by atoms with Crippen LogP contribution >= 0.6 is 0 Å². The van der Waals surface area contributed by atoms with E-state index in [-0.39, 0.29) is 5.92 Å². The van der Waals surface area contributed by atoms with Crippen molar-refractivity contribution in [3.63, 3.8) is 0 Å². The van der Waals surface area contributed by atoms with E-state index in [1.165, 1.54) is 0 Å². The molecule has 3 rings (SSSR count). The zero-order valence-electron chi connectivity index (χ0n) is 24.5. The Balaban J connectivity index is 1.94. The minimum atomic E-state index is -1.55. The number of methoxy groups -OCH3 is 1. The summed E-state index contributed by atoms with van der Waals surface area (Å²) < 4.78 is 32.8. The number of aliphatic hydroxyl groups is 1. The van der Waals surface area contributed by atoms with Crippen molar-refractivity contribution < 1.29 is 52.7 Å². The Hall–Kier alpha value is -3.22. The molecule has 1 aliphatic heterocycles. The van der Waals surface area contributed by atoms with Crippen LogP contribution < -0.4 is 4.74 Å². The fraction of sp³-hybridized carbons (Fsp3) is 0.655. The number of esters is 4. The van der Waals surface area contributed by atoms with Gasteiger partial charge in [0.25, 0.3) is 0 Å². The quantitative estimate of drug-likeness (QED) is 0.320. The maximum atomic E-state index is 12.6. The molecule has 2 fully saturated rings. The number of hydrogen-bond donors (Lipinski definition) is 1. The minimum Gasteiger partial charge on any atom is -0.467 e. The van der Waals surface area contributed by atoms with Gasteiger partial charge in [-0.05, 0) is 44.6 Å². The van der Waals surface area contributed by atoms with Crippen LogP contribution in [0, 0.1) is 0 Å². The fourth-order valence-electron chi connectivity index (χ4n) is 5.55. The zero-order valence-corrected chi connectivity index (χ0v) is 24.5. The lowest BCUT2D eigenvalue weighted by atomic mass is 9.72. The highest BCUT2D eigenvalue weighted by molar-refractivity contribution is 5.77. The highest BCUT2D eigenvalue weighted by Gasteiger charge is 2.55. The minimum absolute atomic E-state index is 0.131. The number of ether oxygens (including phenoxy) is 6. The van der Waals surface area contributed by atoms with Gasteiger partial charge in [0, 0.05) is 33.2 Å². The second-order valence-electron chi connectivity index (χ2n) is 10.8. The Labute approximate surface area is 240 Å². The Morgan fingerprint density at radius 1 is 0.902 bits per heavy atom. The molecule has 12 heteroatoms. The van der Waals surface area contributed by atoms with Gasteiger partial charge in [-0.3, -0.25) is 14.4 Å². The van der Waals surface area contributed by atoms with E-state index in [0.29, 0.717) is 12.3 Å². The summed E-state index contributed by atoms with van der Waals surface area (Å²) in [7, 11) is 5.05. The third kappa shape index (κ3) is 8.40. The Morgan fingerprint density at radius 2 is 1.44 bits per heavy atom. The molecule has 1 N–H and O–H groups in total. The van der Waals surface area contributed by atoms with Crippen LogP contribution in [0.5, 0.6) is 5.75 Å². The predicted octanol–water partition coefficient (Wildman–Crippen LogP) is 2.10. The Kier molecular flexibility index (Phi) is 11.1. The van der Waals surface area contributed by atoms with E-state index >= 15 is 0 Å². The Morgan fingerprint density at radius 3 is 1.95 bits per heavy atom. The van der Waals surface area contributed by atoms with Crippen molar-refractivity contribution in [3.05, 3.63) is 29.8 Å². The molecule has 1 heterocycles. The maximum Gasteiger partial charge on any atom is 0.339 e. The van der Waals surface area contributed by atoms with E-state index in [2.05, 4.69) is 0 Å². The largest absolute Gasteiger partial charge is 0.467 e. The number of hydrogen-bond acceptors (Lipinski definition) is 12. The van der Waals surface area contributed by atoms with Gasteiger partial charge in [0.1, 0.15) is 5.75 Å². The van der Waals surface area contributed by atoms with Crippen molar-refractivity contribution in [2.75, 3.05) is 27.7 Å². The van der Waals surface area contributed by atoms with E-state index in [4.69, 9.17) is 28.4 Å². The highest BCUT2D eigenvalue weighted by atomic mass is 16.7. The topological polar surface area (TPSA) is 147 Å². The summed E-state index contributed by atoms with van der Waals surface area (Å²) in [5, 5.41) is 11.5. The zero-order chi connectivity index (χ0) is 30.3. The monoisotopic (exact) mass is 579 g/mol. The molecule has 0 amide bonds. The maximum absolute atomic E-state index is 12.6. The molecular weight excluding hydrogens is 538 g/mol. The number of likely N-dealkylation sites (N-methyl/N-ethyl adjacent to an activating group) is 1. The molecule has 1 aliphatic carbocycles. The molecule has 2 aliphatic rings. The first-order chi connectivity index (χ1) is 19.3. The van der Waals surface area contributed by atoms with E-state index in [0.717, 1.165) is 65.5 Å². The molecule has 0 bridgehead atoms. The number of nitrogens with zero attached hydrogens (tertiary/aromatic N) is 1. The van der Waals surface area contributed by atoms with Crippen LogP contribution in [0.15, 0.2) is 24.3 Å². The van der Waals surface area contributed by atoms with Gasteiger partial charge < -0.3 is 38.4 Å². The van der Waals surface area contributed by atoms with Crippen LogP contribution in [-0.2, 0) is 42.9 Å². The lowest BCUT2D eigenvalue weighted by Gasteiger charge is -2.43. The average molecular weight is 580 g/mol. The fourth-order valence-corrected chi connectivity index (χ4v) is 5.55. The van der Waals surface area contributed by atoms with Crippen molar-refractivity contribution in [2.24, 2.45) is 0 Å². The van der Waals surface area contributed by atoms with Gasteiger partial charge in [0.2, 0.25) is 12.4 Å². The Bertz CT molecular complexity index is 1070. The third-order valence-electron chi connectivity index (χ3n) is 7.29. The highest BCUT2D eigenvalue weighted by Crippen LogP contribution is 2.41. The van der Waals surface area contributed by atoms with E-state index < -0.39 is 60.2 Å². The molecule has 1 aromatic rings. The van der Waals surface area contributed by atoms with Crippen LogP contribution in [0.2, 0.25) is 0 Å². The number of benzene rings is 1. The van der Waals surface area contributed by atoms with Crippen LogP contribution in [0.3, 0.4) is 0 Å². The van der Waals surface area contributed by atoms with Gasteiger partial charge in [0.05, 0.1) is 12.7 Å². The lowest BCUT2D eigenvalue weighted by molar-refractivity contribution is -0.282. The van der Waals surface area contributed by atoms with Gasteiger partial charge in [-0.1, -0.05) is 31.4 Å². The van der Waals surface area contributed by atoms with Crippen molar-refractivity contribution >= 4 is 23.9 Å². The standard InChI is InChI=1S/C29H41NO11/c1-17(31)37-23-24(38-18(2)32)26(39-19(3)33)28(41-25(23)27(34)36-6)40-21-12-10-20(11-13-21)22(16-30(4)5)29(35)14-8-7-9-15-29/h10-13,22-26,28,35H,7-9,14-16H2,1-6H3/t22?,23-,24-,25-,26+,28+/m0/s1. The van der Waals surface area contributed by atoms with Crippen LogP contribution in [0.25, 0.3) is 0 Å². The molecule has 1 saturated heterocycles. The second kappa shape index (κ2) is 14.1. The molecule has 228 valence electrons. The molecule has 1 unspecified atom stereocenters. The number of carbonyl (C=O) groups excluding carboxylic acids is 4. The molecule has 0 spiro atoms. The normalized spacial score (nSPS) is 26.4. The van der Waals surface area contributed by atoms with Crippen molar-refractivity contribution in [2.45, 2.75) is 95.1 Å². The van der Waals surface area contributed by atoms with Crippen molar-refractivity contribution in [1.82, 2.24) is 4.90 Å². The first kappa shape index (κ1) is 32.3. The van der Waals surface area contributed by atoms with Crippen molar-refractivity contribution in [1.29, 1.82) is 0 Å². The second-order valence-corrected chi connectivity index (χ2v) is 10.8. The van der Waals surface area contributed by atoms with Gasteiger partial charge in [-0.15, -0.1) is 0 Å². The average Bonchev–Trinajstić information content (AvgIpc) is 2.90. The molecule has 41 heavy (non-hydrogen) atoms. The summed E-state index contributed by atoms with van der Waals surface area (Å²) in [6.07, 6.45) is -2.81. The number of rotatable bonds is 10. The van der Waals surface area contributed by atoms with Crippen LogP contribution in [-0.4, -0.2) is 97.9 Å². The van der Waals surface area contributed by atoms with E-state index in [1.807, 2.05) is 31.1 Å². The summed E-state index contributed by atoms with van der Waals surface area (Å²) in [6.45, 7) is 4.03. The summed E-state index contributed by atoms with van der Waals surface area (Å²) in [5.41, 5.74) is 0.103. The van der Waals surface area contributed by atoms with Crippen molar-refractivity contribution in [3.8, 4) is 5.75 Å². The molecule has 1 aromatic carbocycles. The predicted molar refractivity (Wildman–Crippen MR) is 144 cm³/mol. The molecule has 1 saturated carbocycles. The van der Waals surface area contributed by atoms with E-state index in [9.17, 15) is 24.3 Å². The summed E-state index contributed by atoms with van der Waals surface area (Å²) in [5.74, 6) is -3.05. The smallest absolute Gasteiger partial charge is 0.339 e. The van der Waals surface area contributed by atoms with Crippen LogP contribution in [0.4, 0.5) is 0 Å². The SMILES string of the molecule is COC(=O)[C@H]1O[C@@H](Oc2ccc(C(CN(C)C)C3(O)CCCCC3)cc2)[C@H](OC(C)=O)[C@@H](OC(C)=O)[C@@H]1OC(C)=O. The molecule has 12 nitrogen and oxygen atoms in total. The number of carbonyl (C=O) groups is 4. The lowest BCUT2D eigenvalue weighted by Crippen LogP contribution is -2.64. The van der Waals surface area contributed by atoms with E-state index in [1.54, 1.807) is 12.1 Å². The molecule has 6 atom stereocenters. The van der Waals surface area contributed by atoms with Gasteiger partial charge in [0.15, 0.2) is 18.3 Å². The van der Waals surface area contributed by atoms with Gasteiger partial charge in [-0.25, -0.2) is 4.79 Å². The van der Waals surface area contributed by atoms with Crippen LogP contribution in [0.1, 0.15) is 64.4 Å². The first-order valence-electron chi connectivity index (χ1n) is 13.7. The summed E-state index contributed by atoms with van der Waals surface area (Å²) in [4.78, 5) is 50.6. The molecule has 0 aromatic heterocycles. The van der Waals surface area contributed by atoms with Gasteiger partial charge >= 0.3 is 23.9 Å². The summed E-state index contributed by atoms with van der Waals surface area (Å²) in [6, 6.07) is 7.07. The summed E-state index contributed by atoms with van der Waals surface area (Å²) >= 11 is 0. The van der Waals surface area contributed by atoms with Gasteiger partial charge in [-0.2, -0.15) is 0 Å². The molecular formula is C29H41NO11. The first-order valence-corrected chi connectivity index (χ1v) is 13.7. The third-order valence-corrected chi connectivity index (χ3v) is 7.29.